The number of aliphatic hydroxyl groups excluding tert-OH is 1. The van der Waals surface area contributed by atoms with Gasteiger partial charge in [0.2, 0.25) is 0 Å². The number of fused-ring (bicyclic) bond motifs is 1. The summed E-state index contributed by atoms with van der Waals surface area (Å²) in [7, 11) is -4.23. The molecule has 11 nitrogen and oxygen atoms in total. The molecule has 1 amide bonds. The summed E-state index contributed by atoms with van der Waals surface area (Å²) in [5.74, 6) is 0.0445. The van der Waals surface area contributed by atoms with Crippen LogP contribution in [-0.2, 0) is 10.0 Å². The topological polar surface area (TPSA) is 130 Å². The Balaban J connectivity index is 0.984. The third kappa shape index (κ3) is 10.1. The number of carbonyl (C=O) groups is 1. The third-order valence-electron chi connectivity index (χ3n) is 12.6. The summed E-state index contributed by atoms with van der Waals surface area (Å²) < 4.78 is 36.4. The van der Waals surface area contributed by atoms with Crippen LogP contribution in [0.3, 0.4) is 0 Å². The van der Waals surface area contributed by atoms with Gasteiger partial charge in [0.15, 0.2) is 0 Å². The standard InChI is InChI=1S/C48H57ClN6O5S/c1-33-29-39(12-14-43(33)51-37-17-21-53(22-18-37)27-28-56)61(58,59)52-47(57)41-13-11-38(30-46(41)60-45-6-4-5-44-40(45)16-20-50-44)55-25-23-54(24-26-55)32-35-15-19-48(2,3)31-42(35)34-7-9-36(49)10-8-34/h4-14,16,20,29-30,37,50-51,56H,15,17-19,21-28,31-32H2,1-3H3,(H,52,57). The van der Waals surface area contributed by atoms with Gasteiger partial charge in [0.05, 0.1) is 17.1 Å². The second-order valence-corrected chi connectivity index (χ2v) is 19.7. The minimum Gasteiger partial charge on any atom is -0.456 e. The first-order valence-corrected chi connectivity index (χ1v) is 23.3. The van der Waals surface area contributed by atoms with E-state index in [4.69, 9.17) is 16.3 Å². The van der Waals surface area contributed by atoms with E-state index in [-0.39, 0.29) is 34.3 Å². The zero-order chi connectivity index (χ0) is 42.7. The zero-order valence-corrected chi connectivity index (χ0v) is 36.9. The number of hydrogen-bond acceptors (Lipinski definition) is 9. The Morgan fingerprint density at radius 3 is 2.43 bits per heavy atom. The first kappa shape index (κ1) is 42.8. The molecule has 0 saturated carbocycles. The van der Waals surface area contributed by atoms with Crippen molar-refractivity contribution in [1.29, 1.82) is 0 Å². The molecule has 1 aromatic heterocycles. The number of rotatable bonds is 13. The number of piperidine rings is 1. The normalized spacial score (nSPS) is 18.1. The van der Waals surface area contributed by atoms with Crippen molar-refractivity contribution in [2.75, 3.05) is 69.2 Å². The minimum absolute atomic E-state index is 0.00343. The van der Waals surface area contributed by atoms with Crippen molar-refractivity contribution in [3.05, 3.63) is 118 Å². The number of sulfonamides is 1. The number of ether oxygens (including phenoxy) is 1. The van der Waals surface area contributed by atoms with E-state index in [1.807, 2.05) is 61.7 Å². The van der Waals surface area contributed by atoms with Gasteiger partial charge in [-0.2, -0.15) is 0 Å². The summed E-state index contributed by atoms with van der Waals surface area (Å²) in [5, 5.41) is 14.4. The number of piperazine rings is 1. The first-order chi connectivity index (χ1) is 29.3. The van der Waals surface area contributed by atoms with Crippen LogP contribution in [0.25, 0.3) is 16.5 Å². The Bertz CT molecular complexity index is 2500. The summed E-state index contributed by atoms with van der Waals surface area (Å²) >= 11 is 6.26. The lowest BCUT2D eigenvalue weighted by atomic mass is 9.72. The predicted octanol–water partition coefficient (Wildman–Crippen LogP) is 8.70. The van der Waals surface area contributed by atoms with Crippen LogP contribution in [0.5, 0.6) is 11.5 Å². The summed E-state index contributed by atoms with van der Waals surface area (Å²) in [4.78, 5) is 24.3. The van der Waals surface area contributed by atoms with Crippen molar-refractivity contribution in [1.82, 2.24) is 19.5 Å². The van der Waals surface area contributed by atoms with Crippen molar-refractivity contribution < 1.29 is 23.1 Å². The van der Waals surface area contributed by atoms with Gasteiger partial charge in [-0.3, -0.25) is 9.69 Å². The number of hydrogen-bond donors (Lipinski definition) is 4. The average molecular weight is 866 g/mol. The molecule has 0 unspecified atom stereocenters. The molecule has 0 radical (unpaired) electrons. The van der Waals surface area contributed by atoms with Gasteiger partial charge in [0.1, 0.15) is 11.5 Å². The van der Waals surface area contributed by atoms with Gasteiger partial charge in [0, 0.05) is 98.0 Å². The van der Waals surface area contributed by atoms with Crippen LogP contribution in [0.4, 0.5) is 11.4 Å². The number of nitrogens with zero attached hydrogens (tertiary/aromatic N) is 3. The summed E-state index contributed by atoms with van der Waals surface area (Å²) in [6.45, 7) is 13.4. The molecule has 8 rings (SSSR count). The Morgan fingerprint density at radius 1 is 0.918 bits per heavy atom. The number of aromatic amines is 1. The lowest BCUT2D eigenvalue weighted by molar-refractivity contribution is 0.0979. The molecule has 3 heterocycles. The number of H-pyrrole nitrogens is 1. The number of likely N-dealkylation sites (tertiary alicyclic amines) is 1. The first-order valence-electron chi connectivity index (χ1n) is 21.4. The van der Waals surface area contributed by atoms with E-state index in [1.54, 1.807) is 18.2 Å². The fraction of sp³-hybridized carbons (Fsp3) is 0.396. The van der Waals surface area contributed by atoms with E-state index in [2.05, 4.69) is 55.7 Å². The van der Waals surface area contributed by atoms with Crippen LogP contribution in [0.15, 0.2) is 102 Å². The fourth-order valence-electron chi connectivity index (χ4n) is 9.01. The molecule has 4 N–H and O–H groups in total. The third-order valence-corrected chi connectivity index (χ3v) is 14.2. The maximum Gasteiger partial charge on any atom is 0.268 e. The van der Waals surface area contributed by atoms with Crippen LogP contribution >= 0.6 is 11.6 Å². The average Bonchev–Trinajstić information content (AvgIpc) is 3.74. The molecule has 4 aromatic carbocycles. The van der Waals surface area contributed by atoms with E-state index >= 15 is 0 Å². The number of β-amino-alcohol motifs (C(OH)–C–C–N with tert-alkyl or cyclic N) is 1. The molecule has 1 aliphatic carbocycles. The molecule has 5 aromatic rings. The number of allylic oxidation sites excluding steroid dienone is 1. The number of aliphatic hydroxyl groups is 1. The van der Waals surface area contributed by atoms with Crippen molar-refractivity contribution >= 4 is 55.4 Å². The molecule has 3 aliphatic rings. The molecule has 0 bridgehead atoms. The van der Waals surface area contributed by atoms with Gasteiger partial charge in [0.25, 0.3) is 15.9 Å². The van der Waals surface area contributed by atoms with Crippen LogP contribution in [0.2, 0.25) is 5.02 Å². The maximum atomic E-state index is 14.0. The van der Waals surface area contributed by atoms with Gasteiger partial charge in [-0.05, 0) is 122 Å². The van der Waals surface area contributed by atoms with Crippen molar-refractivity contribution in [2.24, 2.45) is 5.41 Å². The number of halogens is 1. The van der Waals surface area contributed by atoms with E-state index in [9.17, 15) is 18.3 Å². The Labute approximate surface area is 364 Å². The number of nitrogens with one attached hydrogen (secondary N) is 3. The lowest BCUT2D eigenvalue weighted by Gasteiger charge is -2.39. The predicted molar refractivity (Wildman–Crippen MR) is 245 cm³/mol. The van der Waals surface area contributed by atoms with E-state index in [0.717, 1.165) is 111 Å². The van der Waals surface area contributed by atoms with E-state index in [1.165, 1.54) is 22.8 Å². The molecule has 0 atom stereocenters. The highest BCUT2D eigenvalue weighted by atomic mass is 35.5. The largest absolute Gasteiger partial charge is 0.456 e. The highest BCUT2D eigenvalue weighted by Gasteiger charge is 2.30. The number of aromatic nitrogens is 1. The SMILES string of the molecule is Cc1cc(S(=O)(=O)NC(=O)c2ccc(N3CCN(CC4=C(c5ccc(Cl)cc5)CC(C)(C)CC4)CC3)cc2Oc2cccc3[nH]ccc23)ccc1NC1CCN(CCO)CC1. The molecule has 2 fully saturated rings. The number of benzene rings is 4. The molecule has 0 spiro atoms. The smallest absolute Gasteiger partial charge is 0.268 e. The van der Waals surface area contributed by atoms with Crippen LogP contribution in [-0.4, -0.2) is 99.2 Å². The second-order valence-electron chi connectivity index (χ2n) is 17.6. The van der Waals surface area contributed by atoms with Crippen LogP contribution in [0.1, 0.15) is 67.4 Å². The number of anilines is 2. The molecule has 2 saturated heterocycles. The zero-order valence-electron chi connectivity index (χ0n) is 35.3. The summed E-state index contributed by atoms with van der Waals surface area (Å²) in [6.07, 6.45) is 6.97. The monoisotopic (exact) mass is 864 g/mol. The second kappa shape index (κ2) is 18.2. The number of amides is 1. The number of carbonyl (C=O) groups excluding carboxylic acids is 1. The van der Waals surface area contributed by atoms with Gasteiger partial charge in [-0.25, -0.2) is 13.1 Å². The maximum absolute atomic E-state index is 14.0. The fourth-order valence-corrected chi connectivity index (χ4v) is 10.2. The Morgan fingerprint density at radius 2 is 1.69 bits per heavy atom. The van der Waals surface area contributed by atoms with Gasteiger partial charge in [-0.15, -0.1) is 0 Å². The molecule has 13 heteroatoms. The van der Waals surface area contributed by atoms with Crippen molar-refractivity contribution in [3.63, 3.8) is 0 Å². The van der Waals surface area contributed by atoms with Crippen LogP contribution in [0, 0.1) is 12.3 Å². The van der Waals surface area contributed by atoms with Crippen LogP contribution < -0.4 is 19.7 Å². The summed E-state index contributed by atoms with van der Waals surface area (Å²) in [6, 6.07) is 26.4. The molecule has 322 valence electrons. The molecule has 61 heavy (non-hydrogen) atoms. The molecule has 2 aliphatic heterocycles. The van der Waals surface area contributed by atoms with E-state index in [0.29, 0.717) is 12.3 Å². The van der Waals surface area contributed by atoms with Gasteiger partial charge < -0.3 is 29.9 Å². The van der Waals surface area contributed by atoms with E-state index < -0.39 is 15.9 Å². The van der Waals surface area contributed by atoms with Gasteiger partial charge in [-0.1, -0.05) is 49.2 Å². The lowest BCUT2D eigenvalue weighted by Crippen LogP contribution is -2.47. The number of aryl methyl sites for hydroxylation is 1. The Hall–Kier alpha value is -4.85. The summed E-state index contributed by atoms with van der Waals surface area (Å²) in [5.41, 5.74) is 7.97. The minimum atomic E-state index is -4.23. The quantitative estimate of drug-likeness (QED) is 0.0919. The van der Waals surface area contributed by atoms with Gasteiger partial charge >= 0.3 is 0 Å². The highest BCUT2D eigenvalue weighted by Crippen LogP contribution is 2.43. The Kier molecular flexibility index (Phi) is 12.8. The molecular formula is C48H57ClN6O5S. The highest BCUT2D eigenvalue weighted by molar-refractivity contribution is 7.90. The van der Waals surface area contributed by atoms with Crippen molar-refractivity contribution in [3.8, 4) is 11.5 Å². The van der Waals surface area contributed by atoms with Crippen molar-refractivity contribution in [2.45, 2.75) is 63.8 Å². The molecular weight excluding hydrogens is 808 g/mol.